The van der Waals surface area contributed by atoms with Crippen LogP contribution in [0, 0.1) is 13.8 Å². The third-order valence-corrected chi connectivity index (χ3v) is 6.32. The molecule has 0 bridgehead atoms. The maximum atomic E-state index is 12.5. The summed E-state index contributed by atoms with van der Waals surface area (Å²) in [6.07, 6.45) is 1.62. The Hall–Kier alpha value is -3.37. The molecular formula is C23H22N6O2S2. The average molecular weight is 479 g/mol. The maximum Gasteiger partial charge on any atom is 0.234 e. The minimum atomic E-state index is -0.123. The van der Waals surface area contributed by atoms with Gasteiger partial charge in [0.05, 0.1) is 12.9 Å². The van der Waals surface area contributed by atoms with Gasteiger partial charge in [-0.25, -0.2) is 9.97 Å². The van der Waals surface area contributed by atoms with Crippen LogP contribution in [0.5, 0.6) is 5.75 Å². The lowest BCUT2D eigenvalue weighted by atomic mass is 10.3. The highest BCUT2D eigenvalue weighted by molar-refractivity contribution is 7.99. The number of thioether (sulfide) groups is 1. The van der Waals surface area contributed by atoms with E-state index in [4.69, 9.17) is 4.74 Å². The lowest BCUT2D eigenvalue weighted by Crippen LogP contribution is -2.14. The minimum Gasteiger partial charge on any atom is -0.497 e. The molecule has 8 nitrogen and oxygen atoms in total. The van der Waals surface area contributed by atoms with Gasteiger partial charge in [0.2, 0.25) is 5.91 Å². The van der Waals surface area contributed by atoms with Gasteiger partial charge in [0.1, 0.15) is 12.1 Å². The van der Waals surface area contributed by atoms with Crippen LogP contribution in [0.25, 0.3) is 5.69 Å². The second kappa shape index (κ2) is 10.5. The van der Waals surface area contributed by atoms with Crippen LogP contribution in [0.3, 0.4) is 0 Å². The first-order chi connectivity index (χ1) is 16.0. The summed E-state index contributed by atoms with van der Waals surface area (Å²) in [5.74, 6) is 0.857. The van der Waals surface area contributed by atoms with E-state index in [-0.39, 0.29) is 11.7 Å². The first-order valence-electron chi connectivity index (χ1n) is 10.1. The molecule has 1 amide bonds. The number of anilines is 1. The van der Waals surface area contributed by atoms with Crippen molar-refractivity contribution in [1.82, 2.24) is 24.7 Å². The van der Waals surface area contributed by atoms with Gasteiger partial charge >= 0.3 is 0 Å². The highest BCUT2D eigenvalue weighted by Crippen LogP contribution is 2.27. The molecule has 10 heteroatoms. The SMILES string of the molecule is COc1ccc(-n2cnnc2SCC(=O)Nc2ccc(Sc3nc(C)cc(C)n3)cc2)cc1. The molecule has 33 heavy (non-hydrogen) atoms. The smallest absolute Gasteiger partial charge is 0.234 e. The normalized spacial score (nSPS) is 10.8. The minimum absolute atomic E-state index is 0.123. The summed E-state index contributed by atoms with van der Waals surface area (Å²) in [6, 6.07) is 17.1. The predicted molar refractivity (Wildman–Crippen MR) is 129 cm³/mol. The number of nitrogens with one attached hydrogen (secondary N) is 1. The molecule has 1 N–H and O–H groups in total. The number of aromatic nitrogens is 5. The zero-order valence-corrected chi connectivity index (χ0v) is 20.0. The summed E-state index contributed by atoms with van der Waals surface area (Å²) in [5.41, 5.74) is 3.50. The number of ether oxygens (including phenoxy) is 1. The summed E-state index contributed by atoms with van der Waals surface area (Å²) in [7, 11) is 1.62. The zero-order valence-electron chi connectivity index (χ0n) is 18.3. The van der Waals surface area contributed by atoms with Crippen molar-refractivity contribution in [1.29, 1.82) is 0 Å². The van der Waals surface area contributed by atoms with Crippen LogP contribution >= 0.6 is 23.5 Å². The molecule has 0 fully saturated rings. The van der Waals surface area contributed by atoms with Crippen molar-refractivity contribution in [2.75, 3.05) is 18.2 Å². The van der Waals surface area contributed by atoms with Crippen molar-refractivity contribution in [2.45, 2.75) is 29.1 Å². The molecule has 2 aromatic carbocycles. The molecule has 168 valence electrons. The molecule has 0 atom stereocenters. The van der Waals surface area contributed by atoms with E-state index in [2.05, 4.69) is 25.5 Å². The molecular weight excluding hydrogens is 456 g/mol. The van der Waals surface area contributed by atoms with E-state index < -0.39 is 0 Å². The number of hydrogen-bond acceptors (Lipinski definition) is 8. The van der Waals surface area contributed by atoms with Gasteiger partial charge in [0.15, 0.2) is 10.3 Å². The van der Waals surface area contributed by atoms with E-state index in [9.17, 15) is 4.79 Å². The van der Waals surface area contributed by atoms with Gasteiger partial charge < -0.3 is 10.1 Å². The Bertz CT molecular complexity index is 1220. The second-order valence-corrected chi connectivity index (χ2v) is 9.06. The lowest BCUT2D eigenvalue weighted by Gasteiger charge is -2.08. The molecule has 4 aromatic rings. The average Bonchev–Trinajstić information content (AvgIpc) is 3.27. The quantitative estimate of drug-likeness (QED) is 0.291. The topological polar surface area (TPSA) is 94.8 Å². The number of carbonyl (C=O) groups is 1. The van der Waals surface area contributed by atoms with E-state index in [1.54, 1.807) is 13.4 Å². The molecule has 0 saturated heterocycles. The van der Waals surface area contributed by atoms with E-state index >= 15 is 0 Å². The first kappa shape index (κ1) is 22.8. The summed E-state index contributed by atoms with van der Waals surface area (Å²) >= 11 is 2.81. The summed E-state index contributed by atoms with van der Waals surface area (Å²) in [6.45, 7) is 3.91. The fourth-order valence-electron chi connectivity index (χ4n) is 3.02. The van der Waals surface area contributed by atoms with Crippen LogP contribution < -0.4 is 10.1 Å². The van der Waals surface area contributed by atoms with Gasteiger partial charge in [-0.1, -0.05) is 11.8 Å². The van der Waals surface area contributed by atoms with Crippen molar-refractivity contribution in [3.05, 3.63) is 72.3 Å². The van der Waals surface area contributed by atoms with Gasteiger partial charge in [-0.15, -0.1) is 10.2 Å². The van der Waals surface area contributed by atoms with Crippen LogP contribution in [0.1, 0.15) is 11.4 Å². The monoisotopic (exact) mass is 478 g/mol. The van der Waals surface area contributed by atoms with Gasteiger partial charge in [0, 0.05) is 27.7 Å². The van der Waals surface area contributed by atoms with Gasteiger partial charge in [-0.2, -0.15) is 0 Å². The number of hydrogen-bond donors (Lipinski definition) is 1. The number of rotatable bonds is 8. The molecule has 0 aliphatic heterocycles. The summed E-state index contributed by atoms with van der Waals surface area (Å²) in [5, 5.41) is 12.4. The summed E-state index contributed by atoms with van der Waals surface area (Å²) in [4.78, 5) is 22.4. The third-order valence-electron chi connectivity index (χ3n) is 4.51. The lowest BCUT2D eigenvalue weighted by molar-refractivity contribution is -0.113. The Morgan fingerprint density at radius 1 is 1.03 bits per heavy atom. The standard InChI is InChI=1S/C23H22N6O2S2/c1-15-12-16(2)26-22(25-15)33-20-10-4-17(5-11-20)27-21(30)13-32-23-28-24-14-29(23)18-6-8-19(31-3)9-7-18/h4-12,14H,13H2,1-3H3,(H,27,30). The van der Waals surface area contributed by atoms with Gasteiger partial charge in [-0.3, -0.25) is 9.36 Å². The van der Waals surface area contributed by atoms with Crippen molar-refractivity contribution < 1.29 is 9.53 Å². The maximum absolute atomic E-state index is 12.5. The first-order valence-corrected chi connectivity index (χ1v) is 11.9. The molecule has 2 heterocycles. The Labute approximate surface area is 200 Å². The highest BCUT2D eigenvalue weighted by Gasteiger charge is 2.11. The van der Waals surface area contributed by atoms with E-state index in [1.165, 1.54) is 23.5 Å². The van der Waals surface area contributed by atoms with Crippen molar-refractivity contribution in [3.63, 3.8) is 0 Å². The number of benzene rings is 2. The number of aryl methyl sites for hydroxylation is 2. The predicted octanol–water partition coefficient (Wildman–Crippen LogP) is 4.56. The number of nitrogens with zero attached hydrogens (tertiary/aromatic N) is 5. The van der Waals surface area contributed by atoms with Crippen molar-refractivity contribution >= 4 is 35.1 Å². The Balaban J connectivity index is 1.33. The van der Waals surface area contributed by atoms with Crippen LogP contribution in [0.2, 0.25) is 0 Å². The van der Waals surface area contributed by atoms with Gasteiger partial charge in [-0.05, 0) is 80.2 Å². The fraction of sp³-hybridized carbons (Fsp3) is 0.174. The molecule has 0 aliphatic rings. The van der Waals surface area contributed by atoms with Crippen LogP contribution in [0.4, 0.5) is 5.69 Å². The Morgan fingerprint density at radius 2 is 1.73 bits per heavy atom. The fourth-order valence-corrected chi connectivity index (χ4v) is 4.61. The van der Waals surface area contributed by atoms with Crippen LogP contribution in [0.15, 0.2) is 76.1 Å². The summed E-state index contributed by atoms with van der Waals surface area (Å²) < 4.78 is 7.02. The third kappa shape index (κ3) is 6.11. The van der Waals surface area contributed by atoms with Crippen LogP contribution in [-0.2, 0) is 4.79 Å². The molecule has 0 aliphatic carbocycles. The van der Waals surface area contributed by atoms with E-state index in [1.807, 2.05) is 73.0 Å². The van der Waals surface area contributed by atoms with E-state index in [0.717, 1.165) is 33.4 Å². The molecule has 0 saturated carbocycles. The molecule has 2 aromatic heterocycles. The number of carbonyl (C=O) groups excluding carboxylic acids is 1. The molecule has 0 radical (unpaired) electrons. The largest absolute Gasteiger partial charge is 0.497 e. The Kier molecular flexibility index (Phi) is 7.26. The highest BCUT2D eigenvalue weighted by atomic mass is 32.2. The van der Waals surface area contributed by atoms with Crippen LogP contribution in [-0.4, -0.2) is 43.5 Å². The number of methoxy groups -OCH3 is 1. The molecule has 0 unspecified atom stereocenters. The zero-order chi connectivity index (χ0) is 23.2. The van der Waals surface area contributed by atoms with Crippen molar-refractivity contribution in [3.8, 4) is 11.4 Å². The van der Waals surface area contributed by atoms with E-state index in [0.29, 0.717) is 10.3 Å². The van der Waals surface area contributed by atoms with Crippen molar-refractivity contribution in [2.24, 2.45) is 0 Å². The van der Waals surface area contributed by atoms with Gasteiger partial charge in [0.25, 0.3) is 0 Å². The molecule has 0 spiro atoms. The number of amides is 1. The Morgan fingerprint density at radius 3 is 2.39 bits per heavy atom. The second-order valence-electron chi connectivity index (χ2n) is 7.08. The molecule has 4 rings (SSSR count).